The van der Waals surface area contributed by atoms with Crippen molar-refractivity contribution in [2.75, 3.05) is 31.1 Å². The van der Waals surface area contributed by atoms with Crippen molar-refractivity contribution in [1.82, 2.24) is 9.62 Å². The molecular weight excluding hydrogens is 386 g/mol. The van der Waals surface area contributed by atoms with Crippen molar-refractivity contribution in [2.24, 2.45) is 5.92 Å². The molecule has 2 heterocycles. The molecule has 2 fully saturated rings. The Balaban J connectivity index is 1.98. The van der Waals surface area contributed by atoms with Gasteiger partial charge < -0.3 is 10.2 Å². The maximum atomic E-state index is 13.5. The Morgan fingerprint density at radius 1 is 0.931 bits per heavy atom. The van der Waals surface area contributed by atoms with Gasteiger partial charge in [0.15, 0.2) is 0 Å². The Hall–Kier alpha value is -1.60. The molecule has 1 aromatic rings. The normalized spacial score (nSPS) is 19.9. The van der Waals surface area contributed by atoms with Crippen LogP contribution in [-0.2, 0) is 10.0 Å². The molecule has 0 spiro atoms. The minimum atomic E-state index is -3.63. The predicted octanol–water partition coefficient (Wildman–Crippen LogP) is 3.63. The van der Waals surface area contributed by atoms with E-state index in [1.807, 2.05) is 13.0 Å². The first-order valence-corrected chi connectivity index (χ1v) is 12.4. The minimum Gasteiger partial charge on any atom is -0.370 e. The van der Waals surface area contributed by atoms with E-state index in [9.17, 15) is 13.2 Å². The SMILES string of the molecule is CC(C)[C@H](C)NC(=O)c1ccc(N2CCCCC2)c(S(=O)(=O)N2CCCCC2)c1. The monoisotopic (exact) mass is 421 g/mol. The van der Waals surface area contributed by atoms with Crippen molar-refractivity contribution in [2.45, 2.75) is 70.2 Å². The summed E-state index contributed by atoms with van der Waals surface area (Å²) in [5.41, 5.74) is 1.15. The highest BCUT2D eigenvalue weighted by Gasteiger charge is 2.31. The zero-order chi connectivity index (χ0) is 21.0. The first-order chi connectivity index (χ1) is 13.8. The molecular formula is C22H35N3O3S. The van der Waals surface area contributed by atoms with E-state index in [0.29, 0.717) is 24.6 Å². The summed E-state index contributed by atoms with van der Waals surface area (Å²) in [5.74, 6) is 0.0922. The van der Waals surface area contributed by atoms with E-state index >= 15 is 0 Å². The van der Waals surface area contributed by atoms with Crippen LogP contribution >= 0.6 is 0 Å². The first-order valence-electron chi connectivity index (χ1n) is 11.0. The number of hydrogen-bond acceptors (Lipinski definition) is 4. The average molecular weight is 422 g/mol. The Kier molecular flexibility index (Phi) is 7.22. The third kappa shape index (κ3) is 5.12. The molecule has 7 heteroatoms. The molecule has 2 aliphatic heterocycles. The van der Waals surface area contributed by atoms with Gasteiger partial charge in [-0.3, -0.25) is 4.79 Å². The highest BCUT2D eigenvalue weighted by molar-refractivity contribution is 7.89. The van der Waals surface area contributed by atoms with E-state index in [0.717, 1.165) is 50.9 Å². The van der Waals surface area contributed by atoms with Crippen LogP contribution in [0.5, 0.6) is 0 Å². The topological polar surface area (TPSA) is 69.7 Å². The second-order valence-electron chi connectivity index (χ2n) is 8.70. The van der Waals surface area contributed by atoms with Crippen molar-refractivity contribution in [3.05, 3.63) is 23.8 Å². The maximum absolute atomic E-state index is 13.5. The molecule has 3 rings (SSSR count). The van der Waals surface area contributed by atoms with Gasteiger partial charge in [0.2, 0.25) is 10.0 Å². The second-order valence-corrected chi connectivity index (χ2v) is 10.6. The highest BCUT2D eigenvalue weighted by Crippen LogP contribution is 2.32. The highest BCUT2D eigenvalue weighted by atomic mass is 32.2. The number of anilines is 1. The molecule has 0 aromatic heterocycles. The van der Waals surface area contributed by atoms with Crippen molar-refractivity contribution in [3.8, 4) is 0 Å². The molecule has 1 atom stereocenters. The fourth-order valence-electron chi connectivity index (χ4n) is 3.96. The first kappa shape index (κ1) is 22.1. The zero-order valence-electron chi connectivity index (χ0n) is 18.0. The molecule has 6 nitrogen and oxygen atoms in total. The number of nitrogens with zero attached hydrogens (tertiary/aromatic N) is 2. The van der Waals surface area contributed by atoms with Gasteiger partial charge in [0, 0.05) is 37.8 Å². The fourth-order valence-corrected chi connectivity index (χ4v) is 5.71. The molecule has 0 saturated carbocycles. The molecule has 1 amide bonds. The van der Waals surface area contributed by atoms with E-state index in [1.165, 1.54) is 6.42 Å². The summed E-state index contributed by atoms with van der Waals surface area (Å²) in [5, 5.41) is 2.99. The summed E-state index contributed by atoms with van der Waals surface area (Å²) in [6.07, 6.45) is 6.17. The van der Waals surface area contributed by atoms with Gasteiger partial charge in [-0.2, -0.15) is 4.31 Å². The number of nitrogens with one attached hydrogen (secondary N) is 1. The predicted molar refractivity (Wildman–Crippen MR) is 117 cm³/mol. The Morgan fingerprint density at radius 3 is 2.10 bits per heavy atom. The van der Waals surface area contributed by atoms with Gasteiger partial charge in [0.05, 0.1) is 5.69 Å². The maximum Gasteiger partial charge on any atom is 0.251 e. The number of benzene rings is 1. The molecule has 1 aromatic carbocycles. The molecule has 0 aliphatic carbocycles. The average Bonchev–Trinajstić information content (AvgIpc) is 2.74. The lowest BCUT2D eigenvalue weighted by Crippen LogP contribution is -2.38. The van der Waals surface area contributed by atoms with Crippen LogP contribution in [0.4, 0.5) is 5.69 Å². The molecule has 0 unspecified atom stereocenters. The number of sulfonamides is 1. The molecule has 0 bridgehead atoms. The van der Waals surface area contributed by atoms with E-state index in [2.05, 4.69) is 24.1 Å². The summed E-state index contributed by atoms with van der Waals surface area (Å²) < 4.78 is 28.6. The van der Waals surface area contributed by atoms with Gasteiger partial charge in [0.1, 0.15) is 4.90 Å². The summed E-state index contributed by atoms with van der Waals surface area (Å²) in [6, 6.07) is 5.21. The number of rotatable bonds is 6. The van der Waals surface area contributed by atoms with Crippen LogP contribution < -0.4 is 10.2 Å². The number of carbonyl (C=O) groups excluding carboxylic acids is 1. The standard InChI is InChI=1S/C22H35N3O3S/c1-17(2)18(3)23-22(26)19-10-11-20(24-12-6-4-7-13-24)21(16-19)29(27,28)25-14-8-5-9-15-25/h10-11,16-18H,4-9,12-15H2,1-3H3,(H,23,26)/t18-/m0/s1. The van der Waals surface area contributed by atoms with Crippen molar-refractivity contribution < 1.29 is 13.2 Å². The number of piperidine rings is 2. The number of amides is 1. The van der Waals surface area contributed by atoms with Crippen LogP contribution in [0.1, 0.15) is 69.7 Å². The molecule has 0 radical (unpaired) electrons. The van der Waals surface area contributed by atoms with Crippen LogP contribution in [0.25, 0.3) is 0 Å². The number of carbonyl (C=O) groups is 1. The van der Waals surface area contributed by atoms with E-state index < -0.39 is 10.0 Å². The minimum absolute atomic E-state index is 0.0198. The van der Waals surface area contributed by atoms with Gasteiger partial charge in [0.25, 0.3) is 5.91 Å². The lowest BCUT2D eigenvalue weighted by atomic mass is 10.1. The molecule has 29 heavy (non-hydrogen) atoms. The van der Waals surface area contributed by atoms with Crippen LogP contribution in [0.2, 0.25) is 0 Å². The lowest BCUT2D eigenvalue weighted by molar-refractivity contribution is 0.0930. The second kappa shape index (κ2) is 9.47. The van der Waals surface area contributed by atoms with Crippen LogP contribution in [0.3, 0.4) is 0 Å². The van der Waals surface area contributed by atoms with Crippen molar-refractivity contribution >= 4 is 21.6 Å². The molecule has 162 valence electrons. The zero-order valence-corrected chi connectivity index (χ0v) is 18.8. The van der Waals surface area contributed by atoms with E-state index in [-0.39, 0.29) is 16.8 Å². The van der Waals surface area contributed by atoms with Gasteiger partial charge in [-0.1, -0.05) is 20.3 Å². The van der Waals surface area contributed by atoms with Crippen molar-refractivity contribution in [1.29, 1.82) is 0 Å². The quantitative estimate of drug-likeness (QED) is 0.762. The van der Waals surface area contributed by atoms with Crippen LogP contribution in [-0.4, -0.2) is 50.9 Å². The third-order valence-electron chi connectivity index (χ3n) is 6.21. The Bertz CT molecular complexity index is 811. The van der Waals surface area contributed by atoms with Crippen LogP contribution in [0, 0.1) is 5.92 Å². The summed E-state index contributed by atoms with van der Waals surface area (Å²) >= 11 is 0. The van der Waals surface area contributed by atoms with Gasteiger partial charge >= 0.3 is 0 Å². The Morgan fingerprint density at radius 2 is 1.52 bits per heavy atom. The van der Waals surface area contributed by atoms with Crippen molar-refractivity contribution in [3.63, 3.8) is 0 Å². The van der Waals surface area contributed by atoms with Crippen LogP contribution in [0.15, 0.2) is 23.1 Å². The smallest absolute Gasteiger partial charge is 0.251 e. The van der Waals surface area contributed by atoms with E-state index in [4.69, 9.17) is 0 Å². The van der Waals surface area contributed by atoms with Gasteiger partial charge in [-0.15, -0.1) is 0 Å². The van der Waals surface area contributed by atoms with E-state index in [1.54, 1.807) is 16.4 Å². The Labute approximate surface area is 175 Å². The lowest BCUT2D eigenvalue weighted by Gasteiger charge is -2.33. The fraction of sp³-hybridized carbons (Fsp3) is 0.682. The summed E-state index contributed by atoms with van der Waals surface area (Å²) in [4.78, 5) is 15.2. The molecule has 1 N–H and O–H groups in total. The summed E-state index contributed by atoms with van der Waals surface area (Å²) in [6.45, 7) is 8.91. The molecule has 2 aliphatic rings. The largest absolute Gasteiger partial charge is 0.370 e. The third-order valence-corrected chi connectivity index (χ3v) is 8.14. The van der Waals surface area contributed by atoms with Gasteiger partial charge in [-0.05, 0) is 63.1 Å². The van der Waals surface area contributed by atoms with Gasteiger partial charge in [-0.25, -0.2) is 8.42 Å². The summed E-state index contributed by atoms with van der Waals surface area (Å²) in [7, 11) is -3.63. The number of hydrogen-bond donors (Lipinski definition) is 1. The molecule has 2 saturated heterocycles.